The van der Waals surface area contributed by atoms with Crippen LogP contribution in [-0.4, -0.2) is 70.0 Å². The zero-order valence-electron chi connectivity index (χ0n) is 22.0. The lowest BCUT2D eigenvalue weighted by Crippen LogP contribution is -2.48. The summed E-state index contributed by atoms with van der Waals surface area (Å²) < 4.78 is 27.9. The Hall–Kier alpha value is -2.43. The average Bonchev–Trinajstić information content (AvgIpc) is 3.37. The lowest BCUT2D eigenvalue weighted by molar-refractivity contribution is 0.0343. The number of rotatable bonds is 9. The third-order valence-corrected chi connectivity index (χ3v) is 9.30. The van der Waals surface area contributed by atoms with Gasteiger partial charge in [-0.3, -0.25) is 0 Å². The number of anilines is 1. The molecular weight excluding hydrogens is 538 g/mol. The molecule has 210 valence electrons. The number of aromatic carboxylic acids is 1. The second-order valence-electron chi connectivity index (χ2n) is 10.3. The monoisotopic (exact) mass is 573 g/mol. The van der Waals surface area contributed by atoms with E-state index in [4.69, 9.17) is 26.2 Å². The molecule has 1 saturated carbocycles. The molecule has 2 fully saturated rings. The largest absolute Gasteiger partial charge is 0.598 e. The lowest BCUT2D eigenvalue weighted by Gasteiger charge is -2.37. The standard InChI is InChI=1S/C29H36ClN3O5S/c30-23-4-3-5-24(18-23)31-28-13-12-26(27(19-37-28)38-25-6-1-2-7-25)32-14-16-33(17-15-32)39(36)20-21-8-10-22(11-9-21)29(34)35/h3-5,8-11,18,25,28,31H,1-2,6-7,12-17,19-20H2,(H,34,35). The molecule has 8 nitrogen and oxygen atoms in total. The quantitative estimate of drug-likeness (QED) is 0.393. The van der Waals surface area contributed by atoms with Gasteiger partial charge in [-0.2, -0.15) is 0 Å². The van der Waals surface area contributed by atoms with E-state index in [0.29, 0.717) is 30.5 Å². The summed E-state index contributed by atoms with van der Waals surface area (Å²) in [5, 5.41) is 13.2. The molecule has 1 saturated heterocycles. The van der Waals surface area contributed by atoms with Gasteiger partial charge in [0.15, 0.2) is 5.75 Å². The molecule has 2 aromatic carbocycles. The first-order valence-corrected chi connectivity index (χ1v) is 15.3. The number of benzene rings is 2. The van der Waals surface area contributed by atoms with Crippen molar-refractivity contribution in [3.63, 3.8) is 0 Å². The molecule has 39 heavy (non-hydrogen) atoms. The average molecular weight is 574 g/mol. The van der Waals surface area contributed by atoms with Gasteiger partial charge in [-0.1, -0.05) is 29.8 Å². The highest BCUT2D eigenvalue weighted by atomic mass is 35.5. The second-order valence-corrected chi connectivity index (χ2v) is 12.2. The molecule has 1 aliphatic carbocycles. The van der Waals surface area contributed by atoms with Crippen molar-refractivity contribution in [2.45, 2.75) is 56.6 Å². The van der Waals surface area contributed by atoms with Crippen LogP contribution in [0.25, 0.3) is 0 Å². The van der Waals surface area contributed by atoms with Crippen molar-refractivity contribution in [2.24, 2.45) is 0 Å². The number of piperazine rings is 1. The Labute approximate surface area is 238 Å². The first-order chi connectivity index (χ1) is 18.9. The minimum atomic E-state index is -1.17. The maximum atomic E-state index is 13.1. The third kappa shape index (κ3) is 7.61. The van der Waals surface area contributed by atoms with E-state index in [2.05, 4.69) is 10.2 Å². The molecule has 0 amide bonds. The smallest absolute Gasteiger partial charge is 0.335 e. The molecule has 2 aromatic rings. The predicted octanol–water partition coefficient (Wildman–Crippen LogP) is 5.24. The lowest BCUT2D eigenvalue weighted by atomic mass is 10.1. The van der Waals surface area contributed by atoms with Crippen LogP contribution < -0.4 is 5.32 Å². The van der Waals surface area contributed by atoms with E-state index in [1.165, 1.54) is 18.5 Å². The summed E-state index contributed by atoms with van der Waals surface area (Å²) in [7, 11) is 0. The Morgan fingerprint density at radius 3 is 2.54 bits per heavy atom. The van der Waals surface area contributed by atoms with E-state index in [1.54, 1.807) is 24.3 Å². The van der Waals surface area contributed by atoms with Crippen molar-refractivity contribution >= 4 is 34.6 Å². The van der Waals surface area contributed by atoms with E-state index in [-0.39, 0.29) is 17.9 Å². The molecule has 10 heteroatoms. The van der Waals surface area contributed by atoms with Crippen LogP contribution in [0.1, 0.15) is 54.4 Å². The van der Waals surface area contributed by atoms with Crippen molar-refractivity contribution < 1.29 is 23.9 Å². The summed E-state index contributed by atoms with van der Waals surface area (Å²) in [4.78, 5) is 13.5. The minimum Gasteiger partial charge on any atom is -0.598 e. The number of carbonyl (C=O) groups is 1. The summed E-state index contributed by atoms with van der Waals surface area (Å²) in [6.07, 6.45) is 6.31. The molecule has 0 spiro atoms. The molecule has 3 aliphatic rings. The number of nitrogens with one attached hydrogen (secondary N) is 1. The first-order valence-electron chi connectivity index (χ1n) is 13.7. The summed E-state index contributed by atoms with van der Waals surface area (Å²) in [5.74, 6) is 0.355. The van der Waals surface area contributed by atoms with Gasteiger partial charge in [0.1, 0.15) is 18.6 Å². The minimum absolute atomic E-state index is 0.149. The van der Waals surface area contributed by atoms with E-state index in [0.717, 1.165) is 55.8 Å². The zero-order chi connectivity index (χ0) is 27.2. The maximum absolute atomic E-state index is 13.1. The number of carboxylic acids is 1. The molecule has 2 atom stereocenters. The van der Waals surface area contributed by atoms with Gasteiger partial charge in [0.05, 0.1) is 30.5 Å². The Morgan fingerprint density at radius 1 is 1.10 bits per heavy atom. The fraction of sp³-hybridized carbons (Fsp3) is 0.483. The number of hydrogen-bond donors (Lipinski definition) is 2. The fourth-order valence-corrected chi connectivity index (χ4v) is 6.83. The van der Waals surface area contributed by atoms with Crippen LogP contribution in [0.15, 0.2) is 60.0 Å². The number of carboxylic acid groups (broad SMARTS) is 1. The topological polar surface area (TPSA) is 97.3 Å². The van der Waals surface area contributed by atoms with Crippen LogP contribution in [0.4, 0.5) is 5.69 Å². The first kappa shape index (κ1) is 28.1. The molecule has 0 bridgehead atoms. The summed E-state index contributed by atoms with van der Waals surface area (Å²) in [6.45, 7) is 3.32. The number of allylic oxidation sites excluding steroid dienone is 1. The molecular formula is C29H36ClN3O5S. The van der Waals surface area contributed by atoms with E-state index in [9.17, 15) is 9.35 Å². The van der Waals surface area contributed by atoms with Crippen LogP contribution in [0.2, 0.25) is 5.02 Å². The summed E-state index contributed by atoms with van der Waals surface area (Å²) in [6, 6.07) is 14.3. The predicted molar refractivity (Wildman–Crippen MR) is 153 cm³/mol. The van der Waals surface area contributed by atoms with Gasteiger partial charge in [0.25, 0.3) is 0 Å². The van der Waals surface area contributed by atoms with E-state index < -0.39 is 17.3 Å². The second kappa shape index (κ2) is 13.3. The number of ether oxygens (including phenoxy) is 2. The Balaban J connectivity index is 1.20. The SMILES string of the molecule is O=C(O)c1ccc(C[S+]([O-])N2CCN(C3=C(OC4CCCC4)COC(Nc4cccc(Cl)c4)CC3)CC2)cc1. The molecule has 2 unspecified atom stereocenters. The molecule has 2 heterocycles. The Kier molecular flexibility index (Phi) is 9.57. The normalized spacial score (nSPS) is 22.0. The Morgan fingerprint density at radius 2 is 1.85 bits per heavy atom. The van der Waals surface area contributed by atoms with Crippen LogP contribution >= 0.6 is 11.6 Å². The van der Waals surface area contributed by atoms with Crippen LogP contribution in [0, 0.1) is 0 Å². The van der Waals surface area contributed by atoms with E-state index >= 15 is 0 Å². The Bertz CT molecular complexity index is 1150. The number of nitrogens with zero attached hydrogens (tertiary/aromatic N) is 2. The highest BCUT2D eigenvalue weighted by Gasteiger charge is 2.31. The molecule has 2 aliphatic heterocycles. The van der Waals surface area contributed by atoms with Crippen molar-refractivity contribution in [3.05, 3.63) is 76.1 Å². The summed E-state index contributed by atoms with van der Waals surface area (Å²) in [5.41, 5.74) is 3.24. The van der Waals surface area contributed by atoms with E-state index in [1.807, 2.05) is 28.6 Å². The number of hydrogen-bond acceptors (Lipinski definition) is 7. The van der Waals surface area contributed by atoms with Crippen molar-refractivity contribution in [2.75, 3.05) is 38.1 Å². The maximum Gasteiger partial charge on any atom is 0.335 e. The molecule has 0 aromatic heterocycles. The van der Waals surface area contributed by atoms with Crippen molar-refractivity contribution in [3.8, 4) is 0 Å². The van der Waals surface area contributed by atoms with Crippen LogP contribution in [-0.2, 0) is 26.6 Å². The van der Waals surface area contributed by atoms with Crippen LogP contribution in [0.3, 0.4) is 0 Å². The molecule has 2 N–H and O–H groups in total. The highest BCUT2D eigenvalue weighted by molar-refractivity contribution is 7.88. The van der Waals surface area contributed by atoms with Gasteiger partial charge in [-0.25, -0.2) is 4.79 Å². The summed E-state index contributed by atoms with van der Waals surface area (Å²) >= 11 is 5.00. The molecule has 5 rings (SSSR count). The van der Waals surface area contributed by atoms with Gasteiger partial charge >= 0.3 is 5.97 Å². The van der Waals surface area contributed by atoms with Gasteiger partial charge < -0.3 is 29.3 Å². The zero-order valence-corrected chi connectivity index (χ0v) is 23.6. The highest BCUT2D eigenvalue weighted by Crippen LogP contribution is 2.31. The van der Waals surface area contributed by atoms with Crippen molar-refractivity contribution in [1.29, 1.82) is 0 Å². The van der Waals surface area contributed by atoms with Crippen molar-refractivity contribution in [1.82, 2.24) is 9.21 Å². The van der Waals surface area contributed by atoms with Crippen LogP contribution in [0.5, 0.6) is 0 Å². The fourth-order valence-electron chi connectivity index (χ4n) is 5.41. The van der Waals surface area contributed by atoms with Gasteiger partial charge in [-0.15, -0.1) is 4.31 Å². The molecule has 0 radical (unpaired) electrons. The van der Waals surface area contributed by atoms with Gasteiger partial charge in [0, 0.05) is 40.7 Å². The third-order valence-electron chi connectivity index (χ3n) is 7.54. The number of halogens is 1. The van der Waals surface area contributed by atoms with Gasteiger partial charge in [0.2, 0.25) is 0 Å². The van der Waals surface area contributed by atoms with Gasteiger partial charge in [-0.05, 0) is 68.9 Å².